The molecule has 1 atom stereocenters. The van der Waals surface area contributed by atoms with E-state index in [1.54, 1.807) is 19.2 Å². The van der Waals surface area contributed by atoms with Gasteiger partial charge >= 0.3 is 5.97 Å². The van der Waals surface area contributed by atoms with Crippen molar-refractivity contribution in [1.82, 2.24) is 0 Å². The molecule has 2 N–H and O–H groups in total. The van der Waals surface area contributed by atoms with Gasteiger partial charge in [0, 0.05) is 5.69 Å². The first-order valence-electron chi connectivity index (χ1n) is 5.80. The van der Waals surface area contributed by atoms with Crippen LogP contribution in [0, 0.1) is 0 Å². The summed E-state index contributed by atoms with van der Waals surface area (Å²) in [5.74, 6) is -0.0507. The second-order valence-electron chi connectivity index (χ2n) is 3.91. The van der Waals surface area contributed by atoms with Crippen molar-refractivity contribution in [3.63, 3.8) is 0 Å². The van der Waals surface area contributed by atoms with Gasteiger partial charge in [-0.3, -0.25) is 0 Å². The molecule has 17 heavy (non-hydrogen) atoms. The molecule has 0 fully saturated rings. The predicted octanol–water partition coefficient (Wildman–Crippen LogP) is 2.75. The van der Waals surface area contributed by atoms with Gasteiger partial charge in [-0.15, -0.1) is 0 Å². The number of aliphatic carboxylic acids is 1. The topological polar surface area (TPSA) is 58.6 Å². The highest BCUT2D eigenvalue weighted by Crippen LogP contribution is 2.17. The number of anilines is 1. The molecule has 94 valence electrons. The Morgan fingerprint density at radius 1 is 1.41 bits per heavy atom. The molecule has 1 aromatic rings. The molecule has 4 heteroatoms. The van der Waals surface area contributed by atoms with Crippen molar-refractivity contribution in [1.29, 1.82) is 0 Å². The molecule has 0 saturated carbocycles. The molecule has 1 rings (SSSR count). The third kappa shape index (κ3) is 4.34. The van der Waals surface area contributed by atoms with Crippen molar-refractivity contribution in [3.8, 4) is 5.75 Å². The molecule has 0 bridgehead atoms. The van der Waals surface area contributed by atoms with Crippen molar-refractivity contribution in [2.24, 2.45) is 0 Å². The number of nitrogens with one attached hydrogen (secondary N) is 1. The van der Waals surface area contributed by atoms with Crippen LogP contribution in [0.25, 0.3) is 0 Å². The Morgan fingerprint density at radius 3 is 2.53 bits per heavy atom. The molecular weight excluding hydrogens is 218 g/mol. The largest absolute Gasteiger partial charge is 0.497 e. The van der Waals surface area contributed by atoms with Crippen LogP contribution in [-0.2, 0) is 4.79 Å². The quantitative estimate of drug-likeness (QED) is 0.765. The maximum Gasteiger partial charge on any atom is 0.326 e. The van der Waals surface area contributed by atoms with Gasteiger partial charge in [0.1, 0.15) is 11.8 Å². The standard InChI is InChI=1S/C13H19NO3/c1-3-4-5-12(13(15)16)14-10-6-8-11(17-2)9-7-10/h6-9,12,14H,3-5H2,1-2H3,(H,15,16). The van der Waals surface area contributed by atoms with E-state index in [-0.39, 0.29) is 0 Å². The minimum Gasteiger partial charge on any atom is -0.497 e. The van der Waals surface area contributed by atoms with Gasteiger partial charge in [0.15, 0.2) is 0 Å². The van der Waals surface area contributed by atoms with Gasteiger partial charge in [-0.1, -0.05) is 19.8 Å². The number of hydrogen-bond acceptors (Lipinski definition) is 3. The molecule has 0 spiro atoms. The fourth-order valence-electron chi connectivity index (χ4n) is 1.55. The number of benzene rings is 1. The number of carboxylic acid groups (broad SMARTS) is 1. The molecule has 4 nitrogen and oxygen atoms in total. The summed E-state index contributed by atoms with van der Waals surface area (Å²) in [5.41, 5.74) is 0.800. The molecule has 0 aliphatic heterocycles. The van der Waals surface area contributed by atoms with E-state index in [9.17, 15) is 4.79 Å². The zero-order valence-corrected chi connectivity index (χ0v) is 10.3. The van der Waals surface area contributed by atoms with Crippen molar-refractivity contribution in [2.75, 3.05) is 12.4 Å². The number of unbranched alkanes of at least 4 members (excludes halogenated alkanes) is 1. The monoisotopic (exact) mass is 237 g/mol. The Bertz CT molecular complexity index is 348. The lowest BCUT2D eigenvalue weighted by Gasteiger charge is -2.15. The van der Waals surface area contributed by atoms with Crippen LogP contribution in [0.3, 0.4) is 0 Å². The first-order chi connectivity index (χ1) is 8.17. The minimum absolute atomic E-state index is 0.525. The van der Waals surface area contributed by atoms with Gasteiger partial charge in [-0.2, -0.15) is 0 Å². The van der Waals surface area contributed by atoms with Gasteiger partial charge in [-0.05, 0) is 30.7 Å². The van der Waals surface area contributed by atoms with E-state index in [4.69, 9.17) is 9.84 Å². The van der Waals surface area contributed by atoms with Crippen LogP contribution in [-0.4, -0.2) is 24.2 Å². The zero-order valence-electron chi connectivity index (χ0n) is 10.3. The molecular formula is C13H19NO3. The van der Waals surface area contributed by atoms with E-state index in [1.807, 2.05) is 19.1 Å². The maximum atomic E-state index is 11.0. The van der Waals surface area contributed by atoms with Gasteiger partial charge in [0.25, 0.3) is 0 Å². The zero-order chi connectivity index (χ0) is 12.7. The van der Waals surface area contributed by atoms with Crippen LogP contribution in [0.4, 0.5) is 5.69 Å². The summed E-state index contributed by atoms with van der Waals surface area (Å²) < 4.78 is 5.04. The molecule has 1 unspecified atom stereocenters. The third-order valence-electron chi connectivity index (χ3n) is 2.58. The first-order valence-corrected chi connectivity index (χ1v) is 5.80. The maximum absolute atomic E-state index is 11.0. The molecule has 1 aromatic carbocycles. The summed E-state index contributed by atoms with van der Waals surface area (Å²) in [6, 6.07) is 6.73. The minimum atomic E-state index is -0.811. The third-order valence-corrected chi connectivity index (χ3v) is 2.58. The average Bonchev–Trinajstić information content (AvgIpc) is 2.35. The van der Waals surface area contributed by atoms with Gasteiger partial charge in [0.2, 0.25) is 0 Å². The van der Waals surface area contributed by atoms with Crippen molar-refractivity contribution in [2.45, 2.75) is 32.2 Å². The summed E-state index contributed by atoms with van der Waals surface area (Å²) in [6.07, 6.45) is 2.53. The van der Waals surface area contributed by atoms with Gasteiger partial charge in [0.05, 0.1) is 7.11 Å². The van der Waals surface area contributed by atoms with E-state index in [0.29, 0.717) is 6.42 Å². The van der Waals surface area contributed by atoms with E-state index >= 15 is 0 Å². The molecule has 0 radical (unpaired) electrons. The average molecular weight is 237 g/mol. The lowest BCUT2D eigenvalue weighted by Crippen LogP contribution is -2.29. The van der Waals surface area contributed by atoms with Crippen LogP contribution >= 0.6 is 0 Å². The number of carboxylic acids is 1. The highest BCUT2D eigenvalue weighted by atomic mass is 16.5. The van der Waals surface area contributed by atoms with Crippen molar-refractivity contribution < 1.29 is 14.6 Å². The van der Waals surface area contributed by atoms with E-state index in [1.165, 1.54) is 0 Å². The highest BCUT2D eigenvalue weighted by molar-refractivity contribution is 5.77. The van der Waals surface area contributed by atoms with Crippen LogP contribution < -0.4 is 10.1 Å². The smallest absolute Gasteiger partial charge is 0.326 e. The van der Waals surface area contributed by atoms with Crippen LogP contribution in [0.15, 0.2) is 24.3 Å². The van der Waals surface area contributed by atoms with Crippen molar-refractivity contribution in [3.05, 3.63) is 24.3 Å². The summed E-state index contributed by atoms with van der Waals surface area (Å²) >= 11 is 0. The number of methoxy groups -OCH3 is 1. The molecule has 0 amide bonds. The Morgan fingerprint density at radius 2 is 2.06 bits per heavy atom. The number of carbonyl (C=O) groups is 1. The van der Waals surface area contributed by atoms with E-state index in [0.717, 1.165) is 24.3 Å². The SMILES string of the molecule is CCCCC(Nc1ccc(OC)cc1)C(=O)O. The fraction of sp³-hybridized carbons (Fsp3) is 0.462. The molecule has 0 aromatic heterocycles. The lowest BCUT2D eigenvalue weighted by atomic mass is 10.1. The summed E-state index contributed by atoms with van der Waals surface area (Å²) in [6.45, 7) is 2.05. The van der Waals surface area contributed by atoms with E-state index in [2.05, 4.69) is 5.32 Å². The first kappa shape index (κ1) is 13.4. The van der Waals surface area contributed by atoms with Crippen LogP contribution in [0.1, 0.15) is 26.2 Å². The summed E-state index contributed by atoms with van der Waals surface area (Å²) in [5, 5.41) is 12.1. The van der Waals surface area contributed by atoms with E-state index < -0.39 is 12.0 Å². The number of ether oxygens (including phenoxy) is 1. The van der Waals surface area contributed by atoms with Crippen LogP contribution in [0.5, 0.6) is 5.75 Å². The highest BCUT2D eigenvalue weighted by Gasteiger charge is 2.15. The lowest BCUT2D eigenvalue weighted by molar-refractivity contribution is -0.138. The molecule has 0 saturated heterocycles. The predicted molar refractivity (Wildman–Crippen MR) is 67.6 cm³/mol. The molecule has 0 aliphatic carbocycles. The second kappa shape index (κ2) is 6.78. The summed E-state index contributed by atoms with van der Waals surface area (Å²) in [7, 11) is 1.60. The Balaban J connectivity index is 2.61. The molecule has 0 aliphatic rings. The summed E-state index contributed by atoms with van der Waals surface area (Å²) in [4.78, 5) is 11.0. The molecule has 0 heterocycles. The second-order valence-corrected chi connectivity index (χ2v) is 3.91. The Labute approximate surface area is 102 Å². The fourth-order valence-corrected chi connectivity index (χ4v) is 1.55. The Hall–Kier alpha value is -1.71. The van der Waals surface area contributed by atoms with Gasteiger partial charge < -0.3 is 15.2 Å². The Kier molecular flexibility index (Phi) is 5.33. The van der Waals surface area contributed by atoms with Gasteiger partial charge in [-0.25, -0.2) is 4.79 Å². The number of hydrogen-bond donors (Lipinski definition) is 2. The van der Waals surface area contributed by atoms with Crippen molar-refractivity contribution >= 4 is 11.7 Å². The van der Waals surface area contributed by atoms with Crippen LogP contribution in [0.2, 0.25) is 0 Å². The normalized spacial score (nSPS) is 11.9. The number of rotatable bonds is 7.